The van der Waals surface area contributed by atoms with Crippen LogP contribution in [0.4, 0.5) is 10.5 Å². The van der Waals surface area contributed by atoms with Gasteiger partial charge in [0.2, 0.25) is 0 Å². The summed E-state index contributed by atoms with van der Waals surface area (Å²) in [5.74, 6) is -0.986. The number of anilines is 1. The lowest BCUT2D eigenvalue weighted by atomic mass is 10.1. The molecule has 1 fully saturated rings. The minimum atomic E-state index is -0.986. The standard InChI is InChI=1S/C20H28N4O4/c1-13(2)24-12-15-16(7-6-14(18(25)26)17(15)21-24)22-8-10-23(11-9-22)19(27)28-20(3,4)5/h6-7,12-13H,8-11H2,1-5H3,(H,25,26). The third-order valence-electron chi connectivity index (χ3n) is 4.70. The first-order chi connectivity index (χ1) is 13.1. The first-order valence-electron chi connectivity index (χ1n) is 9.55. The molecule has 0 saturated carbocycles. The predicted octanol–water partition coefficient (Wildman–Crippen LogP) is 3.37. The van der Waals surface area contributed by atoms with Gasteiger partial charge in [-0.05, 0) is 46.8 Å². The highest BCUT2D eigenvalue weighted by molar-refractivity contribution is 6.06. The molecule has 0 radical (unpaired) electrons. The summed E-state index contributed by atoms with van der Waals surface area (Å²) >= 11 is 0. The molecule has 0 atom stereocenters. The summed E-state index contributed by atoms with van der Waals surface area (Å²) in [4.78, 5) is 27.7. The number of amides is 1. The second-order valence-corrected chi connectivity index (χ2v) is 8.36. The van der Waals surface area contributed by atoms with Gasteiger partial charge >= 0.3 is 12.1 Å². The van der Waals surface area contributed by atoms with Gasteiger partial charge in [0, 0.05) is 49.5 Å². The molecule has 0 unspecified atom stereocenters. The Bertz CT molecular complexity index is 889. The number of fused-ring (bicyclic) bond motifs is 1. The Morgan fingerprint density at radius 3 is 2.32 bits per heavy atom. The zero-order valence-electron chi connectivity index (χ0n) is 17.1. The number of piperazine rings is 1. The van der Waals surface area contributed by atoms with Crippen LogP contribution in [0.25, 0.3) is 10.9 Å². The fourth-order valence-corrected chi connectivity index (χ4v) is 3.28. The second-order valence-electron chi connectivity index (χ2n) is 8.36. The largest absolute Gasteiger partial charge is 0.478 e. The van der Waals surface area contributed by atoms with E-state index in [0.717, 1.165) is 11.1 Å². The average molecular weight is 388 g/mol. The molecule has 0 bridgehead atoms. The lowest BCUT2D eigenvalue weighted by Crippen LogP contribution is -2.50. The van der Waals surface area contributed by atoms with E-state index in [1.807, 2.05) is 46.9 Å². The van der Waals surface area contributed by atoms with Crippen molar-refractivity contribution in [2.75, 3.05) is 31.1 Å². The summed E-state index contributed by atoms with van der Waals surface area (Å²) in [5.41, 5.74) is 1.12. The van der Waals surface area contributed by atoms with E-state index >= 15 is 0 Å². The Balaban J connectivity index is 1.84. The van der Waals surface area contributed by atoms with Gasteiger partial charge < -0.3 is 19.6 Å². The van der Waals surface area contributed by atoms with Crippen molar-refractivity contribution in [1.29, 1.82) is 0 Å². The molecule has 2 aromatic rings. The molecule has 1 aromatic heterocycles. The Morgan fingerprint density at radius 1 is 1.14 bits per heavy atom. The van der Waals surface area contributed by atoms with Crippen LogP contribution in [0.2, 0.25) is 0 Å². The molecule has 8 nitrogen and oxygen atoms in total. The number of benzene rings is 1. The predicted molar refractivity (Wildman–Crippen MR) is 107 cm³/mol. The number of hydrogen-bond acceptors (Lipinski definition) is 5. The zero-order chi connectivity index (χ0) is 20.6. The van der Waals surface area contributed by atoms with Gasteiger partial charge in [0.05, 0.1) is 5.56 Å². The van der Waals surface area contributed by atoms with E-state index in [2.05, 4.69) is 10.00 Å². The number of nitrogens with zero attached hydrogens (tertiary/aromatic N) is 4. The van der Waals surface area contributed by atoms with Crippen molar-refractivity contribution in [1.82, 2.24) is 14.7 Å². The van der Waals surface area contributed by atoms with Gasteiger partial charge in [0.25, 0.3) is 0 Å². The van der Waals surface area contributed by atoms with Crippen LogP contribution in [-0.4, -0.2) is 63.6 Å². The summed E-state index contributed by atoms with van der Waals surface area (Å²) in [7, 11) is 0. The van der Waals surface area contributed by atoms with E-state index in [4.69, 9.17) is 4.74 Å². The van der Waals surface area contributed by atoms with Crippen LogP contribution in [-0.2, 0) is 4.74 Å². The summed E-state index contributed by atoms with van der Waals surface area (Å²) in [6, 6.07) is 3.57. The highest BCUT2D eigenvalue weighted by Crippen LogP contribution is 2.31. The number of aromatic carboxylic acids is 1. The maximum Gasteiger partial charge on any atom is 0.410 e. The van der Waals surface area contributed by atoms with Crippen LogP contribution in [0.3, 0.4) is 0 Å². The monoisotopic (exact) mass is 388 g/mol. The first-order valence-corrected chi connectivity index (χ1v) is 9.55. The summed E-state index contributed by atoms with van der Waals surface area (Å²) in [5, 5.41) is 14.8. The highest BCUT2D eigenvalue weighted by atomic mass is 16.6. The van der Waals surface area contributed by atoms with Crippen molar-refractivity contribution in [2.24, 2.45) is 0 Å². The SMILES string of the molecule is CC(C)n1cc2c(N3CCN(C(=O)OC(C)(C)C)CC3)ccc(C(=O)O)c2n1. The van der Waals surface area contributed by atoms with Crippen LogP contribution in [0.15, 0.2) is 18.3 Å². The van der Waals surface area contributed by atoms with E-state index in [1.54, 1.807) is 15.6 Å². The van der Waals surface area contributed by atoms with Crippen molar-refractivity contribution >= 4 is 28.7 Å². The molecule has 1 aromatic carbocycles. The number of carboxylic acid groups (broad SMARTS) is 1. The minimum absolute atomic E-state index is 0.130. The molecular formula is C20H28N4O4. The van der Waals surface area contributed by atoms with Crippen molar-refractivity contribution in [3.05, 3.63) is 23.9 Å². The molecule has 0 aliphatic carbocycles. The van der Waals surface area contributed by atoms with E-state index in [0.29, 0.717) is 31.7 Å². The third kappa shape index (κ3) is 4.05. The molecule has 152 valence electrons. The fraction of sp³-hybridized carbons (Fsp3) is 0.550. The number of carbonyl (C=O) groups is 2. The van der Waals surface area contributed by atoms with Gasteiger partial charge in [-0.15, -0.1) is 0 Å². The lowest BCUT2D eigenvalue weighted by molar-refractivity contribution is 0.0240. The maximum atomic E-state index is 12.3. The molecule has 1 aliphatic rings. The lowest BCUT2D eigenvalue weighted by Gasteiger charge is -2.37. The number of ether oxygens (including phenoxy) is 1. The number of hydrogen-bond donors (Lipinski definition) is 1. The quantitative estimate of drug-likeness (QED) is 0.867. The highest BCUT2D eigenvalue weighted by Gasteiger charge is 2.27. The molecule has 1 saturated heterocycles. The first kappa shape index (κ1) is 20.0. The fourth-order valence-electron chi connectivity index (χ4n) is 3.28. The Morgan fingerprint density at radius 2 is 1.79 bits per heavy atom. The topological polar surface area (TPSA) is 87.9 Å². The average Bonchev–Trinajstić information content (AvgIpc) is 3.05. The van der Waals surface area contributed by atoms with Crippen LogP contribution < -0.4 is 4.90 Å². The molecule has 1 amide bonds. The van der Waals surface area contributed by atoms with Gasteiger partial charge in [-0.3, -0.25) is 4.68 Å². The van der Waals surface area contributed by atoms with E-state index in [1.165, 1.54) is 0 Å². The molecular weight excluding hydrogens is 360 g/mol. The molecule has 1 aliphatic heterocycles. The van der Waals surface area contributed by atoms with Crippen LogP contribution >= 0.6 is 0 Å². The van der Waals surface area contributed by atoms with Crippen molar-refractivity contribution < 1.29 is 19.4 Å². The van der Waals surface area contributed by atoms with Crippen molar-refractivity contribution in [3.8, 4) is 0 Å². The molecule has 3 rings (SSSR count). The molecule has 28 heavy (non-hydrogen) atoms. The number of carboxylic acids is 1. The Hall–Kier alpha value is -2.77. The Kier molecular flexibility index (Phi) is 5.23. The minimum Gasteiger partial charge on any atom is -0.478 e. The van der Waals surface area contributed by atoms with Crippen molar-refractivity contribution in [3.63, 3.8) is 0 Å². The summed E-state index contributed by atoms with van der Waals surface area (Å²) in [6.45, 7) is 12.0. The van der Waals surface area contributed by atoms with E-state index in [-0.39, 0.29) is 17.7 Å². The van der Waals surface area contributed by atoms with Gasteiger partial charge in [-0.1, -0.05) is 0 Å². The van der Waals surface area contributed by atoms with Gasteiger partial charge in [-0.25, -0.2) is 9.59 Å². The normalized spacial score (nSPS) is 15.4. The van der Waals surface area contributed by atoms with Gasteiger partial charge in [0.15, 0.2) is 0 Å². The van der Waals surface area contributed by atoms with Crippen LogP contribution in [0.1, 0.15) is 51.0 Å². The summed E-state index contributed by atoms with van der Waals surface area (Å²) < 4.78 is 7.24. The van der Waals surface area contributed by atoms with E-state index < -0.39 is 11.6 Å². The maximum absolute atomic E-state index is 12.3. The molecule has 1 N–H and O–H groups in total. The third-order valence-corrected chi connectivity index (χ3v) is 4.70. The smallest absolute Gasteiger partial charge is 0.410 e. The van der Waals surface area contributed by atoms with Crippen molar-refractivity contribution in [2.45, 2.75) is 46.3 Å². The molecule has 2 heterocycles. The Labute approximate surface area is 164 Å². The second kappa shape index (κ2) is 7.33. The molecule has 8 heteroatoms. The van der Waals surface area contributed by atoms with Gasteiger partial charge in [-0.2, -0.15) is 5.10 Å². The van der Waals surface area contributed by atoms with E-state index in [9.17, 15) is 14.7 Å². The number of carbonyl (C=O) groups excluding carboxylic acids is 1. The number of rotatable bonds is 3. The van der Waals surface area contributed by atoms with Crippen LogP contribution in [0.5, 0.6) is 0 Å². The number of aromatic nitrogens is 2. The van der Waals surface area contributed by atoms with Crippen LogP contribution in [0, 0.1) is 0 Å². The molecule has 0 spiro atoms. The zero-order valence-corrected chi connectivity index (χ0v) is 17.1. The van der Waals surface area contributed by atoms with Gasteiger partial charge in [0.1, 0.15) is 11.1 Å². The summed E-state index contributed by atoms with van der Waals surface area (Å²) in [6.07, 6.45) is 1.60.